The van der Waals surface area contributed by atoms with Gasteiger partial charge in [0.15, 0.2) is 0 Å². The molecule has 130 valence electrons. The lowest BCUT2D eigenvalue weighted by atomic mass is 10.00. The summed E-state index contributed by atoms with van der Waals surface area (Å²) >= 11 is 0. The minimum atomic E-state index is -0.673. The Morgan fingerprint density at radius 3 is 2.72 bits per heavy atom. The number of rotatable bonds is 6. The number of aliphatic hydroxyl groups excluding tert-OH is 1. The number of ether oxygens (including phenoxy) is 1. The minimum Gasteiger partial charge on any atom is -0.497 e. The first-order valence-corrected chi connectivity index (χ1v) is 8.51. The monoisotopic (exact) mass is 337 g/mol. The second-order valence-electron chi connectivity index (χ2n) is 6.31. The molecule has 4 nitrogen and oxygen atoms in total. The van der Waals surface area contributed by atoms with Gasteiger partial charge in [-0.25, -0.2) is 0 Å². The molecule has 2 N–H and O–H groups in total. The largest absolute Gasteiger partial charge is 0.497 e. The molecule has 1 saturated heterocycles. The van der Waals surface area contributed by atoms with Crippen LogP contribution in [-0.4, -0.2) is 24.2 Å². The van der Waals surface area contributed by atoms with E-state index in [2.05, 4.69) is 11.4 Å². The Labute approximate surface area is 148 Å². The highest BCUT2D eigenvalue weighted by Crippen LogP contribution is 2.20. The molecule has 1 amide bonds. The van der Waals surface area contributed by atoms with E-state index < -0.39 is 6.10 Å². The van der Waals surface area contributed by atoms with E-state index in [0.29, 0.717) is 6.42 Å². The van der Waals surface area contributed by atoms with Crippen molar-refractivity contribution in [3.63, 3.8) is 0 Å². The van der Waals surface area contributed by atoms with Gasteiger partial charge in [-0.15, -0.1) is 0 Å². The average molecular weight is 337 g/mol. The summed E-state index contributed by atoms with van der Waals surface area (Å²) in [6, 6.07) is 16.0. The van der Waals surface area contributed by atoms with Crippen molar-refractivity contribution in [3.05, 3.63) is 77.4 Å². The third-order valence-corrected chi connectivity index (χ3v) is 4.41. The van der Waals surface area contributed by atoms with Crippen LogP contribution in [-0.2, 0) is 11.2 Å². The van der Waals surface area contributed by atoms with Crippen molar-refractivity contribution in [1.82, 2.24) is 5.32 Å². The zero-order valence-electron chi connectivity index (χ0n) is 14.3. The van der Waals surface area contributed by atoms with Crippen LogP contribution < -0.4 is 10.1 Å². The Kier molecular flexibility index (Phi) is 5.51. The maximum atomic E-state index is 11.2. The van der Waals surface area contributed by atoms with E-state index in [4.69, 9.17) is 4.74 Å². The van der Waals surface area contributed by atoms with Gasteiger partial charge in [-0.1, -0.05) is 48.6 Å². The SMILES string of the molecule is COc1ccc(Cc2cccc(C(O)/C=C/[C@H]3CCC(=O)N3)c2)cc1. The molecule has 4 heteroatoms. The fourth-order valence-electron chi connectivity index (χ4n) is 3.00. The van der Waals surface area contributed by atoms with Crippen molar-refractivity contribution in [2.75, 3.05) is 7.11 Å². The van der Waals surface area contributed by atoms with Gasteiger partial charge in [0.25, 0.3) is 0 Å². The lowest BCUT2D eigenvalue weighted by Crippen LogP contribution is -2.23. The Balaban J connectivity index is 1.65. The van der Waals surface area contributed by atoms with E-state index in [-0.39, 0.29) is 11.9 Å². The molecule has 1 fully saturated rings. The molecule has 2 atom stereocenters. The van der Waals surface area contributed by atoms with Crippen molar-refractivity contribution in [3.8, 4) is 5.75 Å². The number of nitrogens with one attached hydrogen (secondary N) is 1. The molecular formula is C21H23NO3. The quantitative estimate of drug-likeness (QED) is 0.796. The van der Waals surface area contributed by atoms with Gasteiger partial charge in [0, 0.05) is 12.5 Å². The van der Waals surface area contributed by atoms with Crippen LogP contribution in [0.25, 0.3) is 0 Å². The highest BCUT2D eigenvalue weighted by Gasteiger charge is 2.18. The molecule has 1 aliphatic heterocycles. The summed E-state index contributed by atoms with van der Waals surface area (Å²) in [4.78, 5) is 11.2. The number of carbonyl (C=O) groups is 1. The van der Waals surface area contributed by atoms with Crippen LogP contribution >= 0.6 is 0 Å². The van der Waals surface area contributed by atoms with Gasteiger partial charge in [-0.2, -0.15) is 0 Å². The van der Waals surface area contributed by atoms with Crippen molar-refractivity contribution in [2.24, 2.45) is 0 Å². The topological polar surface area (TPSA) is 58.6 Å². The van der Waals surface area contributed by atoms with Crippen molar-refractivity contribution < 1.29 is 14.6 Å². The molecule has 0 spiro atoms. The molecule has 0 saturated carbocycles. The second kappa shape index (κ2) is 7.99. The molecule has 3 rings (SSSR count). The zero-order valence-corrected chi connectivity index (χ0v) is 14.3. The number of methoxy groups -OCH3 is 1. The summed E-state index contributed by atoms with van der Waals surface area (Å²) in [7, 11) is 1.66. The normalized spacial score (nSPS) is 18.3. The van der Waals surface area contributed by atoms with E-state index in [9.17, 15) is 9.90 Å². The number of hydrogen-bond acceptors (Lipinski definition) is 3. The standard InChI is InChI=1S/C21H23NO3/c1-25-19-9-5-15(6-10-19)13-16-3-2-4-17(14-16)20(23)11-7-18-8-12-21(24)22-18/h2-7,9-11,14,18,20,23H,8,12-13H2,1H3,(H,22,24)/b11-7+/t18-,20?/m0/s1. The molecular weight excluding hydrogens is 314 g/mol. The molecule has 2 aromatic rings. The molecule has 25 heavy (non-hydrogen) atoms. The van der Waals surface area contributed by atoms with E-state index in [0.717, 1.165) is 29.7 Å². The predicted molar refractivity (Wildman–Crippen MR) is 97.5 cm³/mol. The van der Waals surface area contributed by atoms with Gasteiger partial charge in [0.1, 0.15) is 5.75 Å². The number of hydrogen-bond donors (Lipinski definition) is 2. The van der Waals surface area contributed by atoms with Gasteiger partial charge >= 0.3 is 0 Å². The lowest BCUT2D eigenvalue weighted by Gasteiger charge is -2.10. The molecule has 0 aliphatic carbocycles. The first-order valence-electron chi connectivity index (χ1n) is 8.51. The summed E-state index contributed by atoms with van der Waals surface area (Å²) in [6.07, 6.45) is 5.11. The summed E-state index contributed by atoms with van der Waals surface area (Å²) in [5.74, 6) is 0.919. The first-order chi connectivity index (χ1) is 12.1. The van der Waals surface area contributed by atoms with Crippen LogP contribution in [0.1, 0.15) is 35.6 Å². The number of carbonyl (C=O) groups excluding carboxylic acids is 1. The Hall–Kier alpha value is -2.59. The molecule has 1 aliphatic rings. The van der Waals surface area contributed by atoms with Crippen LogP contribution in [0.4, 0.5) is 0 Å². The van der Waals surface area contributed by atoms with Crippen LogP contribution in [0, 0.1) is 0 Å². The molecule has 0 aromatic heterocycles. The van der Waals surface area contributed by atoms with Crippen LogP contribution in [0.3, 0.4) is 0 Å². The molecule has 0 bridgehead atoms. The number of aliphatic hydroxyl groups is 1. The van der Waals surface area contributed by atoms with Crippen LogP contribution in [0.15, 0.2) is 60.7 Å². The maximum absolute atomic E-state index is 11.2. The van der Waals surface area contributed by atoms with Crippen molar-refractivity contribution >= 4 is 5.91 Å². The Bertz CT molecular complexity index is 752. The molecule has 0 radical (unpaired) electrons. The number of amides is 1. The fourth-order valence-corrected chi connectivity index (χ4v) is 3.00. The van der Waals surface area contributed by atoms with E-state index in [1.807, 2.05) is 48.5 Å². The highest BCUT2D eigenvalue weighted by atomic mass is 16.5. The fraction of sp³-hybridized carbons (Fsp3) is 0.286. The van der Waals surface area contributed by atoms with Gasteiger partial charge in [-0.05, 0) is 41.7 Å². The lowest BCUT2D eigenvalue weighted by molar-refractivity contribution is -0.119. The van der Waals surface area contributed by atoms with Gasteiger partial charge in [-0.3, -0.25) is 4.79 Å². The predicted octanol–water partition coefficient (Wildman–Crippen LogP) is 3.15. The van der Waals surface area contributed by atoms with E-state index in [1.54, 1.807) is 13.2 Å². The third-order valence-electron chi connectivity index (χ3n) is 4.41. The Morgan fingerprint density at radius 2 is 2.04 bits per heavy atom. The average Bonchev–Trinajstić information content (AvgIpc) is 3.06. The van der Waals surface area contributed by atoms with Gasteiger partial charge in [0.05, 0.1) is 13.2 Å². The smallest absolute Gasteiger partial charge is 0.220 e. The van der Waals surface area contributed by atoms with Crippen LogP contribution in [0.2, 0.25) is 0 Å². The minimum absolute atomic E-state index is 0.0321. The maximum Gasteiger partial charge on any atom is 0.220 e. The van der Waals surface area contributed by atoms with Gasteiger partial charge < -0.3 is 15.2 Å². The second-order valence-corrected chi connectivity index (χ2v) is 6.31. The van der Waals surface area contributed by atoms with Gasteiger partial charge in [0.2, 0.25) is 5.91 Å². The van der Waals surface area contributed by atoms with E-state index >= 15 is 0 Å². The molecule has 1 heterocycles. The van der Waals surface area contributed by atoms with Crippen molar-refractivity contribution in [1.29, 1.82) is 0 Å². The van der Waals surface area contributed by atoms with Crippen molar-refractivity contribution in [2.45, 2.75) is 31.4 Å². The Morgan fingerprint density at radius 1 is 1.24 bits per heavy atom. The highest BCUT2D eigenvalue weighted by molar-refractivity contribution is 5.78. The summed E-state index contributed by atoms with van der Waals surface area (Å²) in [6.45, 7) is 0. The van der Waals surface area contributed by atoms with Crippen LogP contribution in [0.5, 0.6) is 5.75 Å². The summed E-state index contributed by atoms with van der Waals surface area (Å²) in [5.41, 5.74) is 3.19. The zero-order chi connectivity index (χ0) is 17.6. The first kappa shape index (κ1) is 17.2. The van der Waals surface area contributed by atoms with E-state index in [1.165, 1.54) is 5.56 Å². The number of benzene rings is 2. The summed E-state index contributed by atoms with van der Waals surface area (Å²) in [5, 5.41) is 13.3. The third kappa shape index (κ3) is 4.70. The summed E-state index contributed by atoms with van der Waals surface area (Å²) < 4.78 is 5.18. The molecule has 2 aromatic carbocycles. The molecule has 1 unspecified atom stereocenters.